The van der Waals surface area contributed by atoms with Crippen molar-refractivity contribution in [2.24, 2.45) is 5.92 Å². The maximum absolute atomic E-state index is 12.1. The van der Waals surface area contributed by atoms with Crippen LogP contribution in [0.15, 0.2) is 30.3 Å². The van der Waals surface area contributed by atoms with Gasteiger partial charge in [0.1, 0.15) is 5.78 Å². The Hall–Kier alpha value is -1.11. The molecular formula is C15H22O. The number of benzene rings is 1. The van der Waals surface area contributed by atoms with Gasteiger partial charge in [-0.1, -0.05) is 63.9 Å². The molecule has 0 spiro atoms. The topological polar surface area (TPSA) is 17.1 Å². The van der Waals surface area contributed by atoms with Crippen LogP contribution in [0.3, 0.4) is 0 Å². The number of Topliss-reactive ketones (excluding diaryl/α,β-unsaturated/α-hetero) is 1. The van der Waals surface area contributed by atoms with Crippen LogP contribution in [0.25, 0.3) is 0 Å². The standard InChI is InChI=1S/C15H22O/c1-4-5-11-14(15(16)12(2)3)13-9-7-6-8-10-13/h6-10,12,14H,4-5,11H2,1-3H3. The van der Waals surface area contributed by atoms with Crippen LogP contribution in [0.5, 0.6) is 0 Å². The van der Waals surface area contributed by atoms with Gasteiger partial charge in [0.25, 0.3) is 0 Å². The molecule has 0 aliphatic heterocycles. The number of ketones is 1. The SMILES string of the molecule is CCCCC(C(=O)C(C)C)c1ccccc1. The summed E-state index contributed by atoms with van der Waals surface area (Å²) in [5, 5.41) is 0. The lowest BCUT2D eigenvalue weighted by molar-refractivity contribution is -0.123. The van der Waals surface area contributed by atoms with E-state index in [-0.39, 0.29) is 11.8 Å². The molecular weight excluding hydrogens is 196 g/mol. The molecule has 0 bridgehead atoms. The molecule has 1 aromatic carbocycles. The Morgan fingerprint density at radius 3 is 2.31 bits per heavy atom. The molecule has 1 heteroatoms. The molecule has 1 atom stereocenters. The van der Waals surface area contributed by atoms with E-state index < -0.39 is 0 Å². The summed E-state index contributed by atoms with van der Waals surface area (Å²) in [6.07, 6.45) is 3.25. The van der Waals surface area contributed by atoms with E-state index in [0.29, 0.717) is 5.78 Å². The maximum Gasteiger partial charge on any atom is 0.142 e. The van der Waals surface area contributed by atoms with Crippen LogP contribution in [-0.4, -0.2) is 5.78 Å². The van der Waals surface area contributed by atoms with E-state index in [1.54, 1.807) is 0 Å². The molecule has 1 aromatic rings. The van der Waals surface area contributed by atoms with Crippen molar-refractivity contribution >= 4 is 5.78 Å². The fourth-order valence-electron chi connectivity index (χ4n) is 1.97. The average Bonchev–Trinajstić information content (AvgIpc) is 2.30. The van der Waals surface area contributed by atoms with Gasteiger partial charge in [-0.05, 0) is 12.0 Å². The van der Waals surface area contributed by atoms with Gasteiger partial charge < -0.3 is 0 Å². The summed E-state index contributed by atoms with van der Waals surface area (Å²) in [4.78, 5) is 12.1. The Balaban J connectivity index is 2.83. The van der Waals surface area contributed by atoms with Gasteiger partial charge in [0, 0.05) is 11.8 Å². The lowest BCUT2D eigenvalue weighted by Gasteiger charge is -2.18. The predicted octanol–water partition coefficient (Wildman–Crippen LogP) is 4.19. The first kappa shape index (κ1) is 13.0. The van der Waals surface area contributed by atoms with E-state index in [4.69, 9.17) is 0 Å². The number of hydrogen-bond donors (Lipinski definition) is 0. The zero-order chi connectivity index (χ0) is 12.0. The number of carbonyl (C=O) groups excluding carboxylic acids is 1. The second-order valence-corrected chi connectivity index (χ2v) is 4.66. The summed E-state index contributed by atoms with van der Waals surface area (Å²) in [5.74, 6) is 0.600. The normalized spacial score (nSPS) is 12.8. The molecule has 1 unspecified atom stereocenters. The molecule has 0 saturated heterocycles. The number of unbranched alkanes of at least 4 members (excludes halogenated alkanes) is 1. The molecule has 0 N–H and O–H groups in total. The second-order valence-electron chi connectivity index (χ2n) is 4.66. The Morgan fingerprint density at radius 2 is 1.81 bits per heavy atom. The van der Waals surface area contributed by atoms with Crippen molar-refractivity contribution in [2.75, 3.05) is 0 Å². The van der Waals surface area contributed by atoms with Crippen LogP contribution in [0.4, 0.5) is 0 Å². The molecule has 0 fully saturated rings. The highest BCUT2D eigenvalue weighted by Crippen LogP contribution is 2.25. The Kier molecular flexibility index (Phi) is 5.24. The highest BCUT2D eigenvalue weighted by Gasteiger charge is 2.21. The summed E-state index contributed by atoms with van der Waals surface area (Å²) in [5.41, 5.74) is 1.18. The molecule has 0 amide bonds. The predicted molar refractivity (Wildman–Crippen MR) is 68.6 cm³/mol. The minimum Gasteiger partial charge on any atom is -0.299 e. The molecule has 0 aliphatic rings. The van der Waals surface area contributed by atoms with Gasteiger partial charge in [0.2, 0.25) is 0 Å². The Morgan fingerprint density at radius 1 is 1.19 bits per heavy atom. The van der Waals surface area contributed by atoms with Gasteiger partial charge in [-0.3, -0.25) is 4.79 Å². The summed E-state index contributed by atoms with van der Waals surface area (Å²) < 4.78 is 0. The Labute approximate surface area is 98.9 Å². The molecule has 0 aromatic heterocycles. The first-order valence-electron chi connectivity index (χ1n) is 6.25. The van der Waals surface area contributed by atoms with E-state index in [2.05, 4.69) is 19.1 Å². The molecule has 1 rings (SSSR count). The van der Waals surface area contributed by atoms with Crippen LogP contribution in [-0.2, 0) is 4.79 Å². The molecule has 1 nitrogen and oxygen atoms in total. The van der Waals surface area contributed by atoms with Crippen LogP contribution in [0, 0.1) is 5.92 Å². The number of carbonyl (C=O) groups is 1. The van der Waals surface area contributed by atoms with Crippen LogP contribution in [0.1, 0.15) is 51.5 Å². The van der Waals surface area contributed by atoms with Gasteiger partial charge in [0.05, 0.1) is 0 Å². The number of hydrogen-bond acceptors (Lipinski definition) is 1. The monoisotopic (exact) mass is 218 g/mol. The summed E-state index contributed by atoms with van der Waals surface area (Å²) in [6.45, 7) is 6.15. The smallest absolute Gasteiger partial charge is 0.142 e. The lowest BCUT2D eigenvalue weighted by Crippen LogP contribution is -2.18. The third-order valence-electron chi connectivity index (χ3n) is 2.96. The first-order valence-corrected chi connectivity index (χ1v) is 6.25. The highest BCUT2D eigenvalue weighted by molar-refractivity contribution is 5.87. The van der Waals surface area contributed by atoms with Crippen molar-refractivity contribution in [1.29, 1.82) is 0 Å². The summed E-state index contributed by atoms with van der Waals surface area (Å²) >= 11 is 0. The minimum absolute atomic E-state index is 0.0983. The molecule has 88 valence electrons. The molecule has 0 radical (unpaired) electrons. The third-order valence-corrected chi connectivity index (χ3v) is 2.96. The quantitative estimate of drug-likeness (QED) is 0.700. The zero-order valence-electron chi connectivity index (χ0n) is 10.6. The van der Waals surface area contributed by atoms with Crippen LogP contribution >= 0.6 is 0 Å². The molecule has 16 heavy (non-hydrogen) atoms. The summed E-state index contributed by atoms with van der Waals surface area (Å²) in [7, 11) is 0. The van der Waals surface area contributed by atoms with Crippen molar-refractivity contribution in [1.82, 2.24) is 0 Å². The Bertz CT molecular complexity index is 313. The molecule has 0 aliphatic carbocycles. The van der Waals surface area contributed by atoms with Crippen molar-refractivity contribution in [3.05, 3.63) is 35.9 Å². The zero-order valence-corrected chi connectivity index (χ0v) is 10.6. The van der Waals surface area contributed by atoms with E-state index in [1.165, 1.54) is 5.56 Å². The highest BCUT2D eigenvalue weighted by atomic mass is 16.1. The van der Waals surface area contributed by atoms with Crippen molar-refractivity contribution in [3.63, 3.8) is 0 Å². The van der Waals surface area contributed by atoms with Crippen LogP contribution < -0.4 is 0 Å². The van der Waals surface area contributed by atoms with E-state index >= 15 is 0 Å². The summed E-state index contributed by atoms with van der Waals surface area (Å²) in [6, 6.07) is 10.2. The minimum atomic E-state index is 0.0983. The maximum atomic E-state index is 12.1. The second kappa shape index (κ2) is 6.47. The van der Waals surface area contributed by atoms with E-state index in [0.717, 1.165) is 19.3 Å². The van der Waals surface area contributed by atoms with Crippen molar-refractivity contribution in [2.45, 2.75) is 46.0 Å². The fourth-order valence-corrected chi connectivity index (χ4v) is 1.97. The van der Waals surface area contributed by atoms with E-state index in [9.17, 15) is 4.79 Å². The number of rotatable bonds is 6. The largest absolute Gasteiger partial charge is 0.299 e. The van der Waals surface area contributed by atoms with Gasteiger partial charge in [-0.2, -0.15) is 0 Å². The van der Waals surface area contributed by atoms with Gasteiger partial charge in [-0.15, -0.1) is 0 Å². The van der Waals surface area contributed by atoms with Gasteiger partial charge >= 0.3 is 0 Å². The average molecular weight is 218 g/mol. The van der Waals surface area contributed by atoms with Gasteiger partial charge in [0.15, 0.2) is 0 Å². The third kappa shape index (κ3) is 3.48. The van der Waals surface area contributed by atoms with Gasteiger partial charge in [-0.25, -0.2) is 0 Å². The fraction of sp³-hybridized carbons (Fsp3) is 0.533. The first-order chi connectivity index (χ1) is 7.66. The molecule has 0 heterocycles. The van der Waals surface area contributed by atoms with Crippen molar-refractivity contribution < 1.29 is 4.79 Å². The van der Waals surface area contributed by atoms with E-state index in [1.807, 2.05) is 32.0 Å². The van der Waals surface area contributed by atoms with Crippen molar-refractivity contribution in [3.8, 4) is 0 Å². The molecule has 0 saturated carbocycles. The van der Waals surface area contributed by atoms with Crippen LogP contribution in [0.2, 0.25) is 0 Å². The lowest BCUT2D eigenvalue weighted by atomic mass is 9.85.